The van der Waals surface area contributed by atoms with Gasteiger partial charge in [0, 0.05) is 29.1 Å². The monoisotopic (exact) mass is 443 g/mol. The quantitative estimate of drug-likeness (QED) is 0.229. The van der Waals surface area contributed by atoms with Crippen molar-refractivity contribution in [2.45, 2.75) is 25.8 Å². The van der Waals surface area contributed by atoms with Crippen LogP contribution in [0.25, 0.3) is 38.8 Å². The highest BCUT2D eigenvalue weighted by molar-refractivity contribution is 6.07. The van der Waals surface area contributed by atoms with E-state index in [1.54, 1.807) is 6.20 Å². The van der Waals surface area contributed by atoms with Crippen LogP contribution in [0.2, 0.25) is 0 Å². The lowest BCUT2D eigenvalue weighted by Crippen LogP contribution is -2.28. The normalized spacial score (nSPS) is 15.7. The molecule has 0 radical (unpaired) electrons. The summed E-state index contributed by atoms with van der Waals surface area (Å²) in [7, 11) is 0. The number of nitrogens with zero attached hydrogens (tertiary/aromatic N) is 3. The van der Waals surface area contributed by atoms with Crippen LogP contribution >= 0.6 is 0 Å². The van der Waals surface area contributed by atoms with Crippen LogP contribution in [-0.2, 0) is 6.54 Å². The summed E-state index contributed by atoms with van der Waals surface area (Å²) in [6, 6.07) is 12.8. The lowest BCUT2D eigenvalue weighted by molar-refractivity contribution is 0.221. The fraction of sp³-hybridized carbons (Fsp3) is 0.280. The summed E-state index contributed by atoms with van der Waals surface area (Å²) >= 11 is 0. The Hall–Kier alpha value is -3.46. The molecule has 3 aromatic heterocycles. The molecule has 0 amide bonds. The first-order chi connectivity index (χ1) is 16.2. The number of aromatic amines is 1. The molecule has 0 saturated carbocycles. The van der Waals surface area contributed by atoms with E-state index in [0.717, 1.165) is 39.6 Å². The number of likely N-dealkylation sites (tertiary alicyclic amines) is 1. The zero-order valence-corrected chi connectivity index (χ0v) is 18.5. The van der Waals surface area contributed by atoms with E-state index in [-0.39, 0.29) is 12.3 Å². The van der Waals surface area contributed by atoms with Gasteiger partial charge < -0.3 is 21.2 Å². The smallest absolute Gasteiger partial charge is 0.138 e. The van der Waals surface area contributed by atoms with Gasteiger partial charge in [-0.25, -0.2) is 4.98 Å². The van der Waals surface area contributed by atoms with E-state index < -0.39 is 0 Å². The third-order valence-electron chi connectivity index (χ3n) is 6.37. The van der Waals surface area contributed by atoms with Crippen molar-refractivity contribution < 1.29 is 5.11 Å². The molecule has 8 nitrogen and oxygen atoms in total. The maximum absolute atomic E-state index is 9.39. The molecule has 1 aliphatic heterocycles. The Labute approximate surface area is 192 Å². The predicted molar refractivity (Wildman–Crippen MR) is 131 cm³/mol. The first kappa shape index (κ1) is 21.4. The largest absolute Gasteiger partial charge is 0.398 e. The van der Waals surface area contributed by atoms with Crippen molar-refractivity contribution in [2.75, 3.05) is 19.7 Å². The number of aliphatic hydroxyl groups excluding tert-OH is 1. The number of nitrogens with two attached hydrogens (primary N) is 2. The molecule has 33 heavy (non-hydrogen) atoms. The van der Waals surface area contributed by atoms with E-state index in [4.69, 9.17) is 11.6 Å². The number of nitrogens with one attached hydrogen (secondary N) is 2. The Kier molecular flexibility index (Phi) is 5.95. The Morgan fingerprint density at radius 1 is 1.00 bits per heavy atom. The van der Waals surface area contributed by atoms with Gasteiger partial charge in [-0.05, 0) is 49.2 Å². The van der Waals surface area contributed by atoms with Crippen LogP contribution in [0, 0.1) is 0 Å². The molecule has 0 bridgehead atoms. The SMILES string of the molecule is NN/C(=C(\N)CO)c1cc2c(cn1)[nH]c1ncc(-c3ccc(CN4CCCCC4)cc3)cc12. The van der Waals surface area contributed by atoms with Gasteiger partial charge in [-0.3, -0.25) is 15.7 Å². The molecule has 1 saturated heterocycles. The Balaban J connectivity index is 1.48. The zero-order valence-electron chi connectivity index (χ0n) is 18.5. The Morgan fingerprint density at radius 3 is 2.52 bits per heavy atom. The molecule has 1 fully saturated rings. The van der Waals surface area contributed by atoms with Gasteiger partial charge in [0.25, 0.3) is 0 Å². The fourth-order valence-electron chi connectivity index (χ4n) is 4.56. The average Bonchev–Trinajstić information content (AvgIpc) is 3.23. The van der Waals surface area contributed by atoms with Gasteiger partial charge in [-0.15, -0.1) is 0 Å². The van der Waals surface area contributed by atoms with E-state index in [1.807, 2.05) is 12.3 Å². The first-order valence-electron chi connectivity index (χ1n) is 11.3. The summed E-state index contributed by atoms with van der Waals surface area (Å²) in [5.74, 6) is 5.62. The molecule has 1 aromatic carbocycles. The molecule has 8 heteroatoms. The zero-order chi connectivity index (χ0) is 22.8. The summed E-state index contributed by atoms with van der Waals surface area (Å²) in [6.45, 7) is 3.09. The van der Waals surface area contributed by atoms with Crippen LogP contribution in [0.5, 0.6) is 0 Å². The number of H-pyrrole nitrogens is 1. The number of aliphatic hydroxyl groups is 1. The molecule has 7 N–H and O–H groups in total. The molecule has 0 aliphatic carbocycles. The summed E-state index contributed by atoms with van der Waals surface area (Å²) in [5, 5.41) is 11.3. The number of benzene rings is 1. The summed E-state index contributed by atoms with van der Waals surface area (Å²) in [6.07, 6.45) is 7.57. The number of fused-ring (bicyclic) bond motifs is 3. The number of rotatable bonds is 6. The highest BCUT2D eigenvalue weighted by atomic mass is 16.3. The second-order valence-electron chi connectivity index (χ2n) is 8.60. The number of hydrazine groups is 1. The van der Waals surface area contributed by atoms with E-state index >= 15 is 0 Å². The van der Waals surface area contributed by atoms with Crippen LogP contribution in [-0.4, -0.2) is 44.7 Å². The summed E-state index contributed by atoms with van der Waals surface area (Å²) < 4.78 is 0. The number of piperidine rings is 1. The molecule has 170 valence electrons. The van der Waals surface area contributed by atoms with Gasteiger partial charge in [-0.1, -0.05) is 30.7 Å². The van der Waals surface area contributed by atoms with Crippen molar-refractivity contribution in [2.24, 2.45) is 11.6 Å². The highest BCUT2D eigenvalue weighted by Crippen LogP contribution is 2.30. The molecular weight excluding hydrogens is 414 g/mol. The molecule has 5 rings (SSSR count). The molecule has 4 heterocycles. The Morgan fingerprint density at radius 2 is 1.79 bits per heavy atom. The maximum atomic E-state index is 9.39. The number of aromatic nitrogens is 3. The van der Waals surface area contributed by atoms with Crippen LogP contribution in [0.4, 0.5) is 0 Å². The second kappa shape index (κ2) is 9.19. The van der Waals surface area contributed by atoms with Crippen molar-refractivity contribution in [1.29, 1.82) is 0 Å². The van der Waals surface area contributed by atoms with Crippen LogP contribution in [0.3, 0.4) is 0 Å². The van der Waals surface area contributed by atoms with Crippen molar-refractivity contribution in [3.63, 3.8) is 0 Å². The second-order valence-corrected chi connectivity index (χ2v) is 8.60. The van der Waals surface area contributed by atoms with Gasteiger partial charge in [0.1, 0.15) is 5.65 Å². The molecule has 0 unspecified atom stereocenters. The van der Waals surface area contributed by atoms with Gasteiger partial charge in [0.2, 0.25) is 0 Å². The summed E-state index contributed by atoms with van der Waals surface area (Å²) in [4.78, 5) is 14.9. The van der Waals surface area contributed by atoms with E-state index in [2.05, 4.69) is 55.6 Å². The van der Waals surface area contributed by atoms with Crippen molar-refractivity contribution in [1.82, 2.24) is 25.3 Å². The van der Waals surface area contributed by atoms with Crippen molar-refractivity contribution >= 4 is 27.6 Å². The predicted octanol–water partition coefficient (Wildman–Crippen LogP) is 2.85. The highest BCUT2D eigenvalue weighted by Gasteiger charge is 2.13. The fourth-order valence-corrected chi connectivity index (χ4v) is 4.56. The van der Waals surface area contributed by atoms with Gasteiger partial charge in [-0.2, -0.15) is 0 Å². The van der Waals surface area contributed by atoms with E-state index in [0.29, 0.717) is 11.4 Å². The lowest BCUT2D eigenvalue weighted by Gasteiger charge is -2.26. The standard InChI is InChI=1S/C25H29N7O/c26-21(15-33)24(31-27)22-11-19-20-10-18(12-29-25(20)30-23(19)13-28-22)17-6-4-16(5-7-17)14-32-8-2-1-3-9-32/h4-7,10-13,31,33H,1-3,8-9,14-15,26-27H2,(H,29,30)/b24-21-. The van der Waals surface area contributed by atoms with Crippen LogP contribution < -0.4 is 17.0 Å². The topological polar surface area (TPSA) is 129 Å². The third-order valence-corrected chi connectivity index (χ3v) is 6.37. The van der Waals surface area contributed by atoms with Crippen LogP contribution in [0.1, 0.15) is 30.5 Å². The number of hydrogen-bond donors (Lipinski definition) is 5. The van der Waals surface area contributed by atoms with E-state index in [1.165, 1.54) is 37.9 Å². The number of hydrogen-bond acceptors (Lipinski definition) is 7. The Bertz CT molecular complexity index is 1300. The maximum Gasteiger partial charge on any atom is 0.138 e. The third kappa shape index (κ3) is 4.28. The summed E-state index contributed by atoms with van der Waals surface area (Å²) in [5.41, 5.74) is 14.8. The van der Waals surface area contributed by atoms with Gasteiger partial charge in [0.15, 0.2) is 0 Å². The van der Waals surface area contributed by atoms with Crippen molar-refractivity contribution in [3.8, 4) is 11.1 Å². The molecule has 0 spiro atoms. The minimum atomic E-state index is -0.313. The average molecular weight is 444 g/mol. The molecule has 4 aromatic rings. The lowest BCUT2D eigenvalue weighted by atomic mass is 10.0. The van der Waals surface area contributed by atoms with Gasteiger partial charge in [0.05, 0.1) is 35.4 Å². The van der Waals surface area contributed by atoms with E-state index in [9.17, 15) is 5.11 Å². The minimum absolute atomic E-state index is 0.229. The van der Waals surface area contributed by atoms with Crippen LogP contribution in [0.15, 0.2) is 54.5 Å². The van der Waals surface area contributed by atoms with Gasteiger partial charge >= 0.3 is 0 Å². The van der Waals surface area contributed by atoms with Crippen molar-refractivity contribution in [3.05, 3.63) is 65.7 Å². The first-order valence-corrected chi connectivity index (χ1v) is 11.3. The molecular formula is C25H29N7O. The number of pyridine rings is 2. The molecule has 1 aliphatic rings. The molecule has 0 atom stereocenters. The minimum Gasteiger partial charge on any atom is -0.398 e.